The van der Waals surface area contributed by atoms with Crippen LogP contribution >= 0.6 is 0 Å². The molecule has 2 amide bonds. The molecule has 0 bridgehead atoms. The number of hydrogen-bond acceptors (Lipinski definition) is 2. The van der Waals surface area contributed by atoms with Crippen LogP contribution in [0.4, 0.5) is 13.6 Å². The van der Waals surface area contributed by atoms with Crippen LogP contribution < -0.4 is 5.73 Å². The van der Waals surface area contributed by atoms with Crippen molar-refractivity contribution in [3.8, 4) is 0 Å². The predicted molar refractivity (Wildman–Crippen MR) is 63.5 cm³/mol. The summed E-state index contributed by atoms with van der Waals surface area (Å²) in [5.74, 6) is 0.147. The van der Waals surface area contributed by atoms with E-state index in [1.165, 1.54) is 23.1 Å². The molecule has 2 N–H and O–H groups in total. The maximum atomic E-state index is 12.6. The van der Waals surface area contributed by atoms with Crippen LogP contribution in [0.2, 0.25) is 0 Å². The number of carbonyl (C=O) groups excluding carboxylic acids is 1. The summed E-state index contributed by atoms with van der Waals surface area (Å²) in [4.78, 5) is 16.6. The molecule has 6 heteroatoms. The fourth-order valence-electron chi connectivity index (χ4n) is 2.04. The summed E-state index contributed by atoms with van der Waals surface area (Å²) in [5.41, 5.74) is 6.16. The van der Waals surface area contributed by atoms with Crippen LogP contribution in [0, 0.1) is 0 Å². The molecule has 2 rings (SSSR count). The summed E-state index contributed by atoms with van der Waals surface area (Å²) in [6.07, 6.45) is -2.55. The molecule has 0 saturated carbocycles. The Morgan fingerprint density at radius 2 is 2.22 bits per heavy atom. The zero-order chi connectivity index (χ0) is 13.3. The van der Waals surface area contributed by atoms with Crippen LogP contribution in [-0.2, 0) is 0 Å². The molecule has 4 nitrogen and oxygen atoms in total. The number of carbonyl (C=O) groups is 1. The quantitative estimate of drug-likeness (QED) is 0.899. The zero-order valence-electron chi connectivity index (χ0n) is 9.81. The van der Waals surface area contributed by atoms with Gasteiger partial charge in [-0.05, 0) is 18.6 Å². The van der Waals surface area contributed by atoms with E-state index in [4.69, 9.17) is 5.73 Å². The second-order valence-electron chi connectivity index (χ2n) is 3.98. The van der Waals surface area contributed by atoms with E-state index >= 15 is 0 Å². The molecule has 0 aliphatic carbocycles. The fourth-order valence-corrected chi connectivity index (χ4v) is 2.04. The smallest absolute Gasteiger partial charge is 0.346 e. The van der Waals surface area contributed by atoms with Crippen LogP contribution in [0.15, 0.2) is 29.3 Å². The number of amidine groups is 1. The predicted octanol–water partition coefficient (Wildman–Crippen LogP) is 2.48. The Bertz CT molecular complexity index is 502. The van der Waals surface area contributed by atoms with E-state index < -0.39 is 18.5 Å². The molecule has 1 heterocycles. The third kappa shape index (κ3) is 2.05. The summed E-state index contributed by atoms with van der Waals surface area (Å²) >= 11 is 0. The van der Waals surface area contributed by atoms with Gasteiger partial charge in [-0.3, -0.25) is 0 Å². The van der Waals surface area contributed by atoms with Crippen molar-refractivity contribution in [1.82, 2.24) is 4.90 Å². The van der Waals surface area contributed by atoms with Crippen LogP contribution in [0.3, 0.4) is 0 Å². The van der Waals surface area contributed by atoms with Crippen molar-refractivity contribution < 1.29 is 13.6 Å². The van der Waals surface area contributed by atoms with E-state index in [0.29, 0.717) is 12.1 Å². The van der Waals surface area contributed by atoms with Crippen molar-refractivity contribution in [3.63, 3.8) is 0 Å². The van der Waals surface area contributed by atoms with Gasteiger partial charge in [0.25, 0.3) is 6.43 Å². The molecule has 1 aliphatic rings. The molecule has 18 heavy (non-hydrogen) atoms. The normalized spacial score (nSPS) is 19.6. The van der Waals surface area contributed by atoms with Gasteiger partial charge in [-0.2, -0.15) is 4.99 Å². The van der Waals surface area contributed by atoms with E-state index in [2.05, 4.69) is 4.99 Å². The largest absolute Gasteiger partial charge is 0.385 e. The van der Waals surface area contributed by atoms with Gasteiger partial charge in [0.15, 0.2) is 0 Å². The van der Waals surface area contributed by atoms with Crippen LogP contribution in [-0.4, -0.2) is 23.3 Å². The number of aliphatic imine (C=N–C) groups is 1. The molecule has 0 spiro atoms. The van der Waals surface area contributed by atoms with Gasteiger partial charge in [0, 0.05) is 12.1 Å². The average molecular weight is 253 g/mol. The molecule has 96 valence electrons. The number of nitrogens with two attached hydrogens (primary N) is 1. The molecule has 1 aromatic rings. The van der Waals surface area contributed by atoms with E-state index in [0.717, 1.165) is 0 Å². The van der Waals surface area contributed by atoms with Crippen molar-refractivity contribution in [2.75, 3.05) is 6.54 Å². The maximum Gasteiger partial charge on any atom is 0.346 e. The minimum atomic E-state index is -2.55. The van der Waals surface area contributed by atoms with Crippen LogP contribution in [0.25, 0.3) is 0 Å². The Morgan fingerprint density at radius 1 is 1.50 bits per heavy atom. The highest BCUT2D eigenvalue weighted by molar-refractivity contribution is 6.03. The summed E-state index contributed by atoms with van der Waals surface area (Å²) in [6, 6.07) is 4.93. The van der Waals surface area contributed by atoms with Crippen molar-refractivity contribution in [3.05, 3.63) is 35.4 Å². The number of hydrogen-bond donors (Lipinski definition) is 1. The first-order valence-corrected chi connectivity index (χ1v) is 5.57. The van der Waals surface area contributed by atoms with E-state index in [-0.39, 0.29) is 11.4 Å². The highest BCUT2D eigenvalue weighted by atomic mass is 19.3. The molecule has 1 unspecified atom stereocenters. The number of nitrogens with zero attached hydrogens (tertiary/aromatic N) is 2. The molecule has 1 atom stereocenters. The molecule has 0 saturated heterocycles. The van der Waals surface area contributed by atoms with Gasteiger partial charge in [-0.1, -0.05) is 18.2 Å². The highest BCUT2D eigenvalue weighted by Gasteiger charge is 2.33. The molecular formula is C12H13F2N3O. The molecule has 1 aliphatic heterocycles. The minimum absolute atomic E-state index is 0.0873. The summed E-state index contributed by atoms with van der Waals surface area (Å²) < 4.78 is 25.3. The Balaban J connectivity index is 2.39. The molecule has 1 aromatic carbocycles. The fraction of sp³-hybridized carbons (Fsp3) is 0.333. The van der Waals surface area contributed by atoms with Crippen molar-refractivity contribution >= 4 is 11.9 Å². The lowest BCUT2D eigenvalue weighted by Crippen LogP contribution is -2.33. The van der Waals surface area contributed by atoms with Crippen molar-refractivity contribution in [2.24, 2.45) is 10.7 Å². The lowest BCUT2D eigenvalue weighted by molar-refractivity contribution is 0.151. The summed E-state index contributed by atoms with van der Waals surface area (Å²) in [7, 11) is 0. The summed E-state index contributed by atoms with van der Waals surface area (Å²) in [6.45, 7) is 2.21. The molecular weight excluding hydrogens is 240 g/mol. The van der Waals surface area contributed by atoms with Gasteiger partial charge in [0.1, 0.15) is 11.9 Å². The lowest BCUT2D eigenvalue weighted by atomic mass is 10.0. The number of likely N-dealkylation sites (N-methyl/N-ethyl adjacent to an activating group) is 1. The number of amides is 2. The number of urea groups is 1. The first-order chi connectivity index (χ1) is 8.54. The Morgan fingerprint density at radius 3 is 2.83 bits per heavy atom. The molecule has 0 aromatic heterocycles. The third-order valence-corrected chi connectivity index (χ3v) is 2.88. The third-order valence-electron chi connectivity index (χ3n) is 2.88. The first-order valence-electron chi connectivity index (χ1n) is 5.57. The Hall–Kier alpha value is -1.98. The van der Waals surface area contributed by atoms with Gasteiger partial charge < -0.3 is 10.6 Å². The van der Waals surface area contributed by atoms with Crippen LogP contribution in [0.1, 0.15) is 30.5 Å². The lowest BCUT2D eigenvalue weighted by Gasteiger charge is -2.23. The van der Waals surface area contributed by atoms with E-state index in [1.807, 2.05) is 0 Å². The monoisotopic (exact) mass is 253 g/mol. The second-order valence-corrected chi connectivity index (χ2v) is 3.98. The van der Waals surface area contributed by atoms with Gasteiger partial charge in [0.2, 0.25) is 0 Å². The molecule has 0 radical (unpaired) electrons. The number of rotatable bonds is 3. The zero-order valence-corrected chi connectivity index (χ0v) is 9.81. The number of halogens is 2. The Labute approximate surface area is 103 Å². The highest BCUT2D eigenvalue weighted by Crippen LogP contribution is 2.29. The van der Waals surface area contributed by atoms with Crippen molar-refractivity contribution in [1.29, 1.82) is 0 Å². The van der Waals surface area contributed by atoms with Crippen molar-refractivity contribution in [2.45, 2.75) is 19.4 Å². The van der Waals surface area contributed by atoms with Gasteiger partial charge in [-0.25, -0.2) is 13.6 Å². The maximum absolute atomic E-state index is 12.6. The van der Waals surface area contributed by atoms with Gasteiger partial charge in [0.05, 0.1) is 0 Å². The van der Waals surface area contributed by atoms with E-state index in [9.17, 15) is 13.6 Å². The first kappa shape index (κ1) is 12.5. The van der Waals surface area contributed by atoms with Gasteiger partial charge >= 0.3 is 6.03 Å². The van der Waals surface area contributed by atoms with Crippen LogP contribution in [0.5, 0.6) is 0 Å². The number of alkyl halides is 2. The SMILES string of the molecule is CCN1C(=O)N=C(N)C1c1cccc(C(F)F)c1. The second kappa shape index (κ2) is 4.72. The van der Waals surface area contributed by atoms with Gasteiger partial charge in [-0.15, -0.1) is 0 Å². The van der Waals surface area contributed by atoms with E-state index in [1.54, 1.807) is 13.0 Å². The Kier molecular flexibility index (Phi) is 3.27. The summed E-state index contributed by atoms with van der Waals surface area (Å²) in [5, 5.41) is 0. The molecule has 0 fully saturated rings. The topological polar surface area (TPSA) is 58.7 Å². The minimum Gasteiger partial charge on any atom is -0.385 e. The standard InChI is InChI=1S/C12H13F2N3O/c1-2-17-9(11(15)16-12(17)18)7-4-3-5-8(6-7)10(13)14/h3-6,9-10H,2H2,1H3,(H2,15,16,18). The number of benzene rings is 1. The average Bonchev–Trinajstić information content (AvgIpc) is 2.63.